The fraction of sp³-hybridized carbons (Fsp3) is 0.333. The Morgan fingerprint density at radius 2 is 2.18 bits per heavy atom. The summed E-state index contributed by atoms with van der Waals surface area (Å²) in [7, 11) is -1.37. The first kappa shape index (κ1) is 12.1. The van der Waals surface area contributed by atoms with Gasteiger partial charge in [-0.2, -0.15) is 0 Å². The number of para-hydroxylation sites is 1. The molecule has 0 bridgehead atoms. The first-order valence-electron chi connectivity index (χ1n) is 5.37. The van der Waals surface area contributed by atoms with E-state index >= 15 is 0 Å². The van der Waals surface area contributed by atoms with Gasteiger partial charge in [-0.15, -0.1) is 0 Å². The lowest BCUT2D eigenvalue weighted by molar-refractivity contribution is 0.407. The normalized spacial score (nSPS) is 21.6. The van der Waals surface area contributed by atoms with Crippen molar-refractivity contribution in [2.45, 2.75) is 12.6 Å². The van der Waals surface area contributed by atoms with Crippen molar-refractivity contribution in [3.63, 3.8) is 0 Å². The lowest BCUT2D eigenvalue weighted by Gasteiger charge is -2.12. The van der Waals surface area contributed by atoms with Crippen molar-refractivity contribution < 1.29 is 13.2 Å². The van der Waals surface area contributed by atoms with E-state index in [0.717, 1.165) is 11.3 Å². The fourth-order valence-corrected chi connectivity index (χ4v) is 3.06. The first-order chi connectivity index (χ1) is 8.11. The second-order valence-corrected chi connectivity index (χ2v) is 5.89. The summed E-state index contributed by atoms with van der Waals surface area (Å²) in [5, 5.41) is 4.45. The summed E-state index contributed by atoms with van der Waals surface area (Å²) in [5.74, 6) is 0.951. The molecule has 92 valence electrons. The molecule has 1 aliphatic rings. The van der Waals surface area contributed by atoms with Crippen LogP contribution in [-0.4, -0.2) is 27.3 Å². The van der Waals surface area contributed by atoms with Crippen LogP contribution in [0.15, 0.2) is 35.7 Å². The molecule has 0 radical (unpaired) electrons. The molecule has 2 rings (SSSR count). The maximum atomic E-state index is 11.2. The molecular formula is C12H15NO3S. The van der Waals surface area contributed by atoms with Gasteiger partial charge in [-0.05, 0) is 6.07 Å². The van der Waals surface area contributed by atoms with Crippen molar-refractivity contribution >= 4 is 9.84 Å². The molecule has 0 amide bonds. The molecule has 1 heterocycles. The predicted octanol–water partition coefficient (Wildman–Crippen LogP) is 1.10. The maximum absolute atomic E-state index is 11.2. The van der Waals surface area contributed by atoms with Crippen molar-refractivity contribution in [1.29, 1.82) is 0 Å². The zero-order chi connectivity index (χ0) is 12.3. The average molecular weight is 253 g/mol. The molecule has 1 N–H and O–H groups in total. The topological polar surface area (TPSA) is 55.4 Å². The van der Waals surface area contributed by atoms with Crippen molar-refractivity contribution in [2.24, 2.45) is 0 Å². The molecule has 0 fully saturated rings. The highest BCUT2D eigenvalue weighted by atomic mass is 32.2. The largest absolute Gasteiger partial charge is 0.496 e. The highest BCUT2D eigenvalue weighted by Gasteiger charge is 2.21. The highest BCUT2D eigenvalue weighted by molar-refractivity contribution is 7.94. The van der Waals surface area contributed by atoms with E-state index in [0.29, 0.717) is 6.54 Å². The molecule has 4 nitrogen and oxygen atoms in total. The Kier molecular flexibility index (Phi) is 3.49. The summed E-state index contributed by atoms with van der Waals surface area (Å²) < 4.78 is 27.7. The third-order valence-corrected chi connectivity index (χ3v) is 4.07. The van der Waals surface area contributed by atoms with Crippen LogP contribution < -0.4 is 10.1 Å². The Morgan fingerprint density at radius 3 is 2.82 bits per heavy atom. The molecule has 0 aliphatic carbocycles. The molecule has 0 spiro atoms. The molecule has 5 heteroatoms. The van der Waals surface area contributed by atoms with Crippen LogP contribution in [0.4, 0.5) is 0 Å². The third kappa shape index (κ3) is 3.08. The molecule has 1 aromatic carbocycles. The number of methoxy groups -OCH3 is 1. The van der Waals surface area contributed by atoms with Crippen LogP contribution in [0.5, 0.6) is 5.75 Å². The van der Waals surface area contributed by atoms with Crippen LogP contribution in [0.3, 0.4) is 0 Å². The van der Waals surface area contributed by atoms with Crippen molar-refractivity contribution in [3.8, 4) is 5.75 Å². The van der Waals surface area contributed by atoms with E-state index < -0.39 is 9.84 Å². The molecule has 0 aromatic heterocycles. The summed E-state index contributed by atoms with van der Waals surface area (Å²) in [5.41, 5.74) is 1.02. The Morgan fingerprint density at radius 1 is 1.41 bits per heavy atom. The van der Waals surface area contributed by atoms with Gasteiger partial charge in [0.05, 0.1) is 12.9 Å². The van der Waals surface area contributed by atoms with Crippen LogP contribution in [-0.2, 0) is 16.4 Å². The van der Waals surface area contributed by atoms with Gasteiger partial charge < -0.3 is 10.1 Å². The van der Waals surface area contributed by atoms with E-state index in [1.165, 1.54) is 5.41 Å². The van der Waals surface area contributed by atoms with Gasteiger partial charge in [-0.25, -0.2) is 8.42 Å². The van der Waals surface area contributed by atoms with Crippen LogP contribution in [0.1, 0.15) is 5.56 Å². The minimum Gasteiger partial charge on any atom is -0.496 e. The molecule has 0 saturated carbocycles. The molecule has 1 aromatic rings. The van der Waals surface area contributed by atoms with E-state index in [4.69, 9.17) is 4.74 Å². The Balaban J connectivity index is 1.97. The van der Waals surface area contributed by atoms with Crippen molar-refractivity contribution in [3.05, 3.63) is 41.3 Å². The summed E-state index contributed by atoms with van der Waals surface area (Å²) >= 11 is 0. The van der Waals surface area contributed by atoms with Gasteiger partial charge in [-0.1, -0.05) is 24.3 Å². The number of rotatable bonds is 4. The van der Waals surface area contributed by atoms with Gasteiger partial charge in [-0.3, -0.25) is 0 Å². The quantitative estimate of drug-likeness (QED) is 0.873. The molecule has 1 unspecified atom stereocenters. The summed E-state index contributed by atoms with van der Waals surface area (Å²) in [6.07, 6.45) is 1.69. The third-order valence-electron chi connectivity index (χ3n) is 2.68. The second kappa shape index (κ2) is 4.89. The molecule has 0 saturated heterocycles. The van der Waals surface area contributed by atoms with Crippen LogP contribution in [0, 0.1) is 0 Å². The molecule has 1 aliphatic heterocycles. The Hall–Kier alpha value is -1.33. The number of hydrogen-bond acceptors (Lipinski definition) is 4. The first-order valence-corrected chi connectivity index (χ1v) is 7.08. The lowest BCUT2D eigenvalue weighted by atomic mass is 10.2. The number of hydrogen-bond donors (Lipinski definition) is 1. The molecular weight excluding hydrogens is 238 g/mol. The zero-order valence-electron chi connectivity index (χ0n) is 9.59. The number of benzene rings is 1. The SMILES string of the molecule is COc1ccccc1CNC1C=CS(=O)(=O)C1. The van der Waals surface area contributed by atoms with E-state index in [-0.39, 0.29) is 11.8 Å². The number of nitrogens with one attached hydrogen (secondary N) is 1. The smallest absolute Gasteiger partial charge is 0.173 e. The summed E-state index contributed by atoms with van der Waals surface area (Å²) in [6.45, 7) is 0.592. The van der Waals surface area contributed by atoms with Gasteiger partial charge in [0.25, 0.3) is 0 Å². The van der Waals surface area contributed by atoms with Crippen LogP contribution >= 0.6 is 0 Å². The average Bonchev–Trinajstić information content (AvgIpc) is 2.67. The second-order valence-electron chi connectivity index (χ2n) is 3.96. The number of ether oxygens (including phenoxy) is 1. The van der Waals surface area contributed by atoms with Crippen LogP contribution in [0.2, 0.25) is 0 Å². The van der Waals surface area contributed by atoms with Gasteiger partial charge in [0.15, 0.2) is 9.84 Å². The van der Waals surface area contributed by atoms with Gasteiger partial charge in [0, 0.05) is 23.6 Å². The monoisotopic (exact) mass is 253 g/mol. The van der Waals surface area contributed by atoms with Crippen LogP contribution in [0.25, 0.3) is 0 Å². The van der Waals surface area contributed by atoms with E-state index in [9.17, 15) is 8.42 Å². The Labute approximate surface area is 101 Å². The minimum absolute atomic E-state index is 0.107. The van der Waals surface area contributed by atoms with Crippen molar-refractivity contribution in [1.82, 2.24) is 5.32 Å². The minimum atomic E-state index is -2.99. The Bertz CT molecular complexity index is 522. The van der Waals surface area contributed by atoms with Crippen molar-refractivity contribution in [2.75, 3.05) is 12.9 Å². The standard InChI is InChI=1S/C12H15NO3S/c1-16-12-5-3-2-4-10(12)8-13-11-6-7-17(14,15)9-11/h2-7,11,13H,8-9H2,1H3. The zero-order valence-corrected chi connectivity index (χ0v) is 10.4. The lowest BCUT2D eigenvalue weighted by Crippen LogP contribution is -2.29. The highest BCUT2D eigenvalue weighted by Crippen LogP contribution is 2.17. The van der Waals surface area contributed by atoms with Gasteiger partial charge in [0.1, 0.15) is 5.75 Å². The van der Waals surface area contributed by atoms with Gasteiger partial charge in [0.2, 0.25) is 0 Å². The summed E-state index contributed by atoms with van der Waals surface area (Å²) in [6, 6.07) is 7.57. The van der Waals surface area contributed by atoms with E-state index in [2.05, 4.69) is 5.32 Å². The predicted molar refractivity (Wildman–Crippen MR) is 66.5 cm³/mol. The summed E-state index contributed by atoms with van der Waals surface area (Å²) in [4.78, 5) is 0. The molecule has 1 atom stereocenters. The van der Waals surface area contributed by atoms with E-state index in [1.54, 1.807) is 13.2 Å². The maximum Gasteiger partial charge on any atom is 0.173 e. The molecule has 17 heavy (non-hydrogen) atoms. The van der Waals surface area contributed by atoms with E-state index in [1.807, 2.05) is 24.3 Å². The fourth-order valence-electron chi connectivity index (χ4n) is 1.79. The van der Waals surface area contributed by atoms with Gasteiger partial charge >= 0.3 is 0 Å². The number of sulfone groups is 1.